The first-order valence-electron chi connectivity index (χ1n) is 6.83. The van der Waals surface area contributed by atoms with E-state index in [4.69, 9.17) is 0 Å². The number of nitrogens with one attached hydrogen (secondary N) is 1. The topological polar surface area (TPSA) is 12.0 Å². The number of hydrogen-bond donors (Lipinski definition) is 1. The van der Waals surface area contributed by atoms with Crippen molar-refractivity contribution in [2.75, 3.05) is 13.6 Å². The first-order chi connectivity index (χ1) is 7.18. The summed E-state index contributed by atoms with van der Waals surface area (Å²) in [6.07, 6.45) is 11.6. The van der Waals surface area contributed by atoms with E-state index < -0.39 is 0 Å². The van der Waals surface area contributed by atoms with Crippen molar-refractivity contribution in [1.82, 2.24) is 5.32 Å². The highest BCUT2D eigenvalue weighted by molar-refractivity contribution is 4.84. The lowest BCUT2D eigenvalue weighted by molar-refractivity contribution is 0.163. The zero-order chi connectivity index (χ0) is 11.1. The molecule has 0 bridgehead atoms. The van der Waals surface area contributed by atoms with E-state index in [1.54, 1.807) is 0 Å². The highest BCUT2D eigenvalue weighted by Gasteiger charge is 2.30. The van der Waals surface area contributed by atoms with E-state index in [1.807, 2.05) is 0 Å². The fraction of sp³-hybridized carbons (Fsp3) is 1.00. The third-order valence-corrected chi connectivity index (χ3v) is 3.95. The molecule has 1 nitrogen and oxygen atoms in total. The molecule has 0 aromatic carbocycles. The summed E-state index contributed by atoms with van der Waals surface area (Å²) in [6.45, 7) is 5.92. The van der Waals surface area contributed by atoms with Crippen molar-refractivity contribution in [1.29, 1.82) is 0 Å². The molecule has 0 saturated heterocycles. The third-order valence-electron chi connectivity index (χ3n) is 3.95. The average molecular weight is 211 g/mol. The van der Waals surface area contributed by atoms with Crippen molar-refractivity contribution in [2.45, 2.75) is 65.2 Å². The Morgan fingerprint density at radius 2 is 1.80 bits per heavy atom. The zero-order valence-corrected chi connectivity index (χ0v) is 10.9. The van der Waals surface area contributed by atoms with Gasteiger partial charge in [-0.25, -0.2) is 0 Å². The second-order valence-electron chi connectivity index (χ2n) is 5.88. The Kier molecular flexibility index (Phi) is 5.66. The normalized spacial score (nSPS) is 20.8. The van der Waals surface area contributed by atoms with Gasteiger partial charge in [-0.05, 0) is 37.6 Å². The summed E-state index contributed by atoms with van der Waals surface area (Å²) in [4.78, 5) is 0. The molecule has 1 fully saturated rings. The summed E-state index contributed by atoms with van der Waals surface area (Å²) in [5.74, 6) is 0.875. The SMILES string of the molecule is CNCC1(CCCC(C)C)CCCCC1. The van der Waals surface area contributed by atoms with E-state index in [-0.39, 0.29) is 0 Å². The van der Waals surface area contributed by atoms with Gasteiger partial charge in [0.2, 0.25) is 0 Å². The molecule has 1 aliphatic carbocycles. The molecule has 1 N–H and O–H groups in total. The maximum atomic E-state index is 3.42. The van der Waals surface area contributed by atoms with Gasteiger partial charge in [-0.15, -0.1) is 0 Å². The molecular weight excluding hydrogens is 182 g/mol. The standard InChI is InChI=1S/C14H29N/c1-13(2)8-7-11-14(12-15-3)9-5-4-6-10-14/h13,15H,4-12H2,1-3H3. The van der Waals surface area contributed by atoms with Crippen LogP contribution in [0, 0.1) is 11.3 Å². The molecular formula is C14H29N. The van der Waals surface area contributed by atoms with Crippen LogP contribution in [0.5, 0.6) is 0 Å². The minimum absolute atomic E-state index is 0.655. The van der Waals surface area contributed by atoms with Gasteiger partial charge in [0, 0.05) is 6.54 Å². The molecule has 1 rings (SSSR count). The van der Waals surface area contributed by atoms with Crippen LogP contribution in [0.4, 0.5) is 0 Å². The van der Waals surface area contributed by atoms with E-state index >= 15 is 0 Å². The minimum Gasteiger partial charge on any atom is -0.319 e. The largest absolute Gasteiger partial charge is 0.319 e. The molecule has 0 radical (unpaired) electrons. The summed E-state index contributed by atoms with van der Waals surface area (Å²) in [6, 6.07) is 0. The van der Waals surface area contributed by atoms with Crippen LogP contribution in [-0.4, -0.2) is 13.6 Å². The van der Waals surface area contributed by atoms with Gasteiger partial charge >= 0.3 is 0 Å². The summed E-state index contributed by atoms with van der Waals surface area (Å²) < 4.78 is 0. The predicted octanol–water partition coefficient (Wildman–Crippen LogP) is 3.98. The Hall–Kier alpha value is -0.0400. The van der Waals surface area contributed by atoms with E-state index in [0.29, 0.717) is 5.41 Å². The second-order valence-corrected chi connectivity index (χ2v) is 5.88. The molecule has 0 spiro atoms. The van der Waals surface area contributed by atoms with Gasteiger partial charge in [0.15, 0.2) is 0 Å². The third kappa shape index (κ3) is 4.55. The monoisotopic (exact) mass is 211 g/mol. The average Bonchev–Trinajstić information content (AvgIpc) is 2.19. The number of rotatable bonds is 6. The van der Waals surface area contributed by atoms with Crippen molar-refractivity contribution in [3.63, 3.8) is 0 Å². The van der Waals surface area contributed by atoms with Crippen LogP contribution in [0.15, 0.2) is 0 Å². The van der Waals surface area contributed by atoms with Crippen molar-refractivity contribution in [3.8, 4) is 0 Å². The number of hydrogen-bond acceptors (Lipinski definition) is 1. The molecule has 1 saturated carbocycles. The van der Waals surface area contributed by atoms with Gasteiger partial charge < -0.3 is 5.32 Å². The Bertz CT molecular complexity index is 151. The highest BCUT2D eigenvalue weighted by Crippen LogP contribution is 2.40. The lowest BCUT2D eigenvalue weighted by Gasteiger charge is -2.37. The molecule has 0 atom stereocenters. The van der Waals surface area contributed by atoms with Crippen LogP contribution in [0.1, 0.15) is 65.2 Å². The molecule has 0 heterocycles. The van der Waals surface area contributed by atoms with Gasteiger partial charge in [-0.1, -0.05) is 46.0 Å². The minimum atomic E-state index is 0.655. The summed E-state index contributed by atoms with van der Waals surface area (Å²) in [5.41, 5.74) is 0.655. The Morgan fingerprint density at radius 3 is 2.33 bits per heavy atom. The van der Waals surface area contributed by atoms with Crippen molar-refractivity contribution in [2.24, 2.45) is 11.3 Å². The van der Waals surface area contributed by atoms with Crippen LogP contribution in [0.3, 0.4) is 0 Å². The van der Waals surface area contributed by atoms with Crippen molar-refractivity contribution >= 4 is 0 Å². The van der Waals surface area contributed by atoms with E-state index in [2.05, 4.69) is 26.2 Å². The molecule has 90 valence electrons. The van der Waals surface area contributed by atoms with Crippen LogP contribution in [0.25, 0.3) is 0 Å². The lowest BCUT2D eigenvalue weighted by Crippen LogP contribution is -2.34. The van der Waals surface area contributed by atoms with E-state index in [1.165, 1.54) is 57.9 Å². The van der Waals surface area contributed by atoms with E-state index in [0.717, 1.165) is 5.92 Å². The van der Waals surface area contributed by atoms with Crippen LogP contribution >= 0.6 is 0 Å². The molecule has 0 aliphatic heterocycles. The van der Waals surface area contributed by atoms with Gasteiger partial charge in [-0.2, -0.15) is 0 Å². The fourth-order valence-corrected chi connectivity index (χ4v) is 3.08. The van der Waals surface area contributed by atoms with Crippen LogP contribution in [-0.2, 0) is 0 Å². The van der Waals surface area contributed by atoms with Gasteiger partial charge in [0.1, 0.15) is 0 Å². The lowest BCUT2D eigenvalue weighted by atomic mass is 9.70. The van der Waals surface area contributed by atoms with Gasteiger partial charge in [0.25, 0.3) is 0 Å². The van der Waals surface area contributed by atoms with Crippen LogP contribution in [0.2, 0.25) is 0 Å². The zero-order valence-electron chi connectivity index (χ0n) is 10.9. The molecule has 0 aromatic rings. The summed E-state index contributed by atoms with van der Waals surface area (Å²) >= 11 is 0. The van der Waals surface area contributed by atoms with Crippen molar-refractivity contribution in [3.05, 3.63) is 0 Å². The second kappa shape index (κ2) is 6.52. The van der Waals surface area contributed by atoms with E-state index in [9.17, 15) is 0 Å². The maximum absolute atomic E-state index is 3.42. The first-order valence-corrected chi connectivity index (χ1v) is 6.83. The summed E-state index contributed by atoms with van der Waals surface area (Å²) in [7, 11) is 2.11. The van der Waals surface area contributed by atoms with Crippen LogP contribution < -0.4 is 5.32 Å². The molecule has 0 unspecified atom stereocenters. The molecule has 15 heavy (non-hydrogen) atoms. The Morgan fingerprint density at radius 1 is 1.13 bits per heavy atom. The predicted molar refractivity (Wildman–Crippen MR) is 68.1 cm³/mol. The van der Waals surface area contributed by atoms with Crippen molar-refractivity contribution < 1.29 is 0 Å². The molecule has 1 aliphatic rings. The molecule has 0 aromatic heterocycles. The molecule has 1 heteroatoms. The smallest absolute Gasteiger partial charge is 0.000480 e. The Balaban J connectivity index is 2.34. The maximum Gasteiger partial charge on any atom is 0.000480 e. The Labute approximate surface area is 96.0 Å². The van der Waals surface area contributed by atoms with Gasteiger partial charge in [-0.3, -0.25) is 0 Å². The fourth-order valence-electron chi connectivity index (χ4n) is 3.08. The first kappa shape index (κ1) is 13.0. The molecule has 0 amide bonds. The highest BCUT2D eigenvalue weighted by atomic mass is 14.8. The quantitative estimate of drug-likeness (QED) is 0.700. The van der Waals surface area contributed by atoms with Gasteiger partial charge in [0.05, 0.1) is 0 Å². The summed E-state index contributed by atoms with van der Waals surface area (Å²) in [5, 5.41) is 3.42.